The lowest BCUT2D eigenvalue weighted by atomic mass is 9.94. The maximum Gasteiger partial charge on any atom is 0.414 e. The van der Waals surface area contributed by atoms with Gasteiger partial charge in [0, 0.05) is 25.6 Å². The normalized spacial score (nSPS) is 15.6. The Balaban J connectivity index is 1.84. The van der Waals surface area contributed by atoms with Crippen LogP contribution >= 0.6 is 0 Å². The maximum atomic E-state index is 15.1. The quantitative estimate of drug-likeness (QED) is 0.580. The zero-order valence-electron chi connectivity index (χ0n) is 18.3. The summed E-state index contributed by atoms with van der Waals surface area (Å²) in [5.74, 6) is -1.12. The molecule has 2 aromatic rings. The molecule has 0 spiro atoms. The number of carbonyl (C=O) groups excluding carboxylic acids is 3. The highest BCUT2D eigenvalue weighted by molar-refractivity contribution is 5.91. The predicted molar refractivity (Wildman–Crippen MR) is 119 cm³/mol. The molecule has 0 aliphatic carbocycles. The Morgan fingerprint density at radius 3 is 2.59 bits per heavy atom. The SMILES string of the molecule is CC(=O)NC[C@H]1COC(=O)N1c1ccc(-c2cc(C)c(CNCC(N)=O)cc2C)c(F)c1. The monoisotopic (exact) mass is 442 g/mol. The first-order valence-electron chi connectivity index (χ1n) is 10.3. The molecule has 1 atom stereocenters. The predicted octanol–water partition coefficient (Wildman–Crippen LogP) is 2.15. The van der Waals surface area contributed by atoms with E-state index in [1.807, 2.05) is 26.0 Å². The molecule has 0 saturated carbocycles. The van der Waals surface area contributed by atoms with Gasteiger partial charge in [-0.3, -0.25) is 14.5 Å². The molecular formula is C23H27FN4O4. The van der Waals surface area contributed by atoms with Gasteiger partial charge in [-0.15, -0.1) is 0 Å². The molecule has 1 aliphatic rings. The van der Waals surface area contributed by atoms with Gasteiger partial charge in [-0.05, 0) is 54.3 Å². The van der Waals surface area contributed by atoms with E-state index < -0.39 is 23.9 Å². The van der Waals surface area contributed by atoms with Gasteiger partial charge in [0.1, 0.15) is 12.4 Å². The van der Waals surface area contributed by atoms with Crippen molar-refractivity contribution in [1.29, 1.82) is 0 Å². The molecule has 170 valence electrons. The van der Waals surface area contributed by atoms with Crippen LogP contribution in [0.3, 0.4) is 0 Å². The van der Waals surface area contributed by atoms with Crippen LogP contribution in [0.25, 0.3) is 11.1 Å². The minimum Gasteiger partial charge on any atom is -0.447 e. The maximum absolute atomic E-state index is 15.1. The number of nitrogens with two attached hydrogens (primary N) is 1. The van der Waals surface area contributed by atoms with Crippen molar-refractivity contribution >= 4 is 23.6 Å². The van der Waals surface area contributed by atoms with Crippen molar-refractivity contribution in [2.75, 3.05) is 24.6 Å². The number of rotatable bonds is 8. The molecule has 8 nitrogen and oxygen atoms in total. The van der Waals surface area contributed by atoms with E-state index >= 15 is 4.39 Å². The number of cyclic esters (lactones) is 1. The van der Waals surface area contributed by atoms with E-state index in [1.165, 1.54) is 17.9 Å². The van der Waals surface area contributed by atoms with Crippen LogP contribution < -0.4 is 21.3 Å². The molecule has 1 fully saturated rings. The number of hydrogen-bond donors (Lipinski definition) is 3. The average molecular weight is 442 g/mol. The van der Waals surface area contributed by atoms with Gasteiger partial charge in [0.05, 0.1) is 18.3 Å². The third-order valence-corrected chi connectivity index (χ3v) is 5.37. The van der Waals surface area contributed by atoms with Gasteiger partial charge in [0.15, 0.2) is 0 Å². The summed E-state index contributed by atoms with van der Waals surface area (Å²) in [6, 6.07) is 8.06. The third-order valence-electron chi connectivity index (χ3n) is 5.37. The van der Waals surface area contributed by atoms with Crippen molar-refractivity contribution in [3.05, 3.63) is 52.8 Å². The highest BCUT2D eigenvalue weighted by atomic mass is 19.1. The van der Waals surface area contributed by atoms with Crippen molar-refractivity contribution in [3.63, 3.8) is 0 Å². The van der Waals surface area contributed by atoms with Gasteiger partial charge < -0.3 is 21.1 Å². The summed E-state index contributed by atoms with van der Waals surface area (Å²) in [5.41, 5.74) is 9.49. The van der Waals surface area contributed by atoms with E-state index in [4.69, 9.17) is 10.5 Å². The Hall–Kier alpha value is -3.46. The van der Waals surface area contributed by atoms with Gasteiger partial charge in [-0.25, -0.2) is 9.18 Å². The fourth-order valence-electron chi connectivity index (χ4n) is 3.74. The Morgan fingerprint density at radius 1 is 1.19 bits per heavy atom. The van der Waals surface area contributed by atoms with Crippen LogP contribution in [0.15, 0.2) is 30.3 Å². The zero-order valence-corrected chi connectivity index (χ0v) is 18.3. The van der Waals surface area contributed by atoms with Gasteiger partial charge in [0.2, 0.25) is 11.8 Å². The number of primary amides is 1. The summed E-state index contributed by atoms with van der Waals surface area (Å²) >= 11 is 0. The second kappa shape index (κ2) is 9.78. The number of nitrogens with zero attached hydrogens (tertiary/aromatic N) is 1. The molecule has 3 rings (SSSR count). The minimum absolute atomic E-state index is 0.0815. The summed E-state index contributed by atoms with van der Waals surface area (Å²) in [7, 11) is 0. The Kier molecular flexibility index (Phi) is 7.09. The third kappa shape index (κ3) is 5.23. The molecule has 2 aromatic carbocycles. The van der Waals surface area contributed by atoms with Crippen LogP contribution in [0.2, 0.25) is 0 Å². The Bertz CT molecular complexity index is 1060. The molecule has 4 N–H and O–H groups in total. The Morgan fingerprint density at radius 2 is 1.94 bits per heavy atom. The first-order valence-corrected chi connectivity index (χ1v) is 10.3. The first kappa shape index (κ1) is 23.2. The largest absolute Gasteiger partial charge is 0.447 e. The van der Waals surface area contributed by atoms with Gasteiger partial charge in [-0.2, -0.15) is 0 Å². The molecule has 0 unspecified atom stereocenters. The van der Waals surface area contributed by atoms with Crippen molar-refractivity contribution < 1.29 is 23.5 Å². The first-order chi connectivity index (χ1) is 15.2. The van der Waals surface area contributed by atoms with Crippen LogP contribution in [0.4, 0.5) is 14.9 Å². The van der Waals surface area contributed by atoms with Gasteiger partial charge >= 0.3 is 6.09 Å². The van der Waals surface area contributed by atoms with Crippen LogP contribution in [-0.2, 0) is 20.9 Å². The van der Waals surface area contributed by atoms with E-state index in [1.54, 1.807) is 12.1 Å². The second-order valence-corrected chi connectivity index (χ2v) is 7.87. The van der Waals surface area contributed by atoms with E-state index in [-0.39, 0.29) is 25.6 Å². The van der Waals surface area contributed by atoms with Crippen LogP contribution in [0.1, 0.15) is 23.6 Å². The van der Waals surface area contributed by atoms with Crippen molar-refractivity contribution in [2.45, 2.75) is 33.4 Å². The van der Waals surface area contributed by atoms with E-state index in [9.17, 15) is 14.4 Å². The lowest BCUT2D eigenvalue weighted by Crippen LogP contribution is -2.42. The highest BCUT2D eigenvalue weighted by Crippen LogP contribution is 2.32. The van der Waals surface area contributed by atoms with Crippen LogP contribution in [0, 0.1) is 19.7 Å². The van der Waals surface area contributed by atoms with E-state index in [0.717, 1.165) is 22.3 Å². The number of benzene rings is 2. The molecule has 1 heterocycles. The number of hydrogen-bond acceptors (Lipinski definition) is 5. The number of anilines is 1. The Labute approximate surface area is 185 Å². The number of ether oxygens (including phenoxy) is 1. The van der Waals surface area contributed by atoms with E-state index in [0.29, 0.717) is 17.8 Å². The fraction of sp³-hybridized carbons (Fsp3) is 0.348. The molecular weight excluding hydrogens is 415 g/mol. The van der Waals surface area contributed by atoms with Crippen molar-refractivity contribution in [3.8, 4) is 11.1 Å². The van der Waals surface area contributed by atoms with Crippen LogP contribution in [-0.4, -0.2) is 43.6 Å². The molecule has 0 radical (unpaired) electrons. The molecule has 32 heavy (non-hydrogen) atoms. The van der Waals surface area contributed by atoms with Gasteiger partial charge in [-0.1, -0.05) is 12.1 Å². The van der Waals surface area contributed by atoms with Crippen molar-refractivity contribution in [2.24, 2.45) is 5.73 Å². The number of nitrogens with one attached hydrogen (secondary N) is 2. The summed E-state index contributed by atoms with van der Waals surface area (Å²) in [4.78, 5) is 35.7. The molecule has 1 aliphatic heterocycles. The summed E-state index contributed by atoms with van der Waals surface area (Å²) in [6.07, 6.45) is -0.577. The zero-order chi connectivity index (χ0) is 23.4. The smallest absolute Gasteiger partial charge is 0.414 e. The number of amides is 3. The standard InChI is InChI=1S/C23H27FN4O4/c1-13-7-20(14(2)6-16(13)9-26-11-22(25)30)19-5-4-17(8-21(19)24)28-18(10-27-15(3)29)12-32-23(28)31/h4-8,18,26H,9-12H2,1-3H3,(H2,25,30)(H,27,29)/t18-/m0/s1. The summed E-state index contributed by atoms with van der Waals surface area (Å²) in [6.45, 7) is 6.09. The van der Waals surface area contributed by atoms with Gasteiger partial charge in [0.25, 0.3) is 0 Å². The average Bonchev–Trinajstić information content (AvgIpc) is 3.09. The lowest BCUT2D eigenvalue weighted by Gasteiger charge is -2.22. The molecule has 0 bridgehead atoms. The minimum atomic E-state index is -0.577. The highest BCUT2D eigenvalue weighted by Gasteiger charge is 2.34. The van der Waals surface area contributed by atoms with Crippen LogP contribution in [0.5, 0.6) is 0 Å². The number of aryl methyl sites for hydroxylation is 2. The summed E-state index contributed by atoms with van der Waals surface area (Å²) < 4.78 is 20.2. The lowest BCUT2D eigenvalue weighted by molar-refractivity contribution is -0.119. The molecule has 1 saturated heterocycles. The topological polar surface area (TPSA) is 114 Å². The second-order valence-electron chi connectivity index (χ2n) is 7.87. The molecule has 9 heteroatoms. The fourth-order valence-corrected chi connectivity index (χ4v) is 3.74. The molecule has 3 amide bonds. The number of halogens is 1. The number of carbonyl (C=O) groups is 3. The van der Waals surface area contributed by atoms with E-state index in [2.05, 4.69) is 10.6 Å². The molecule has 0 aromatic heterocycles. The van der Waals surface area contributed by atoms with Crippen molar-refractivity contribution in [1.82, 2.24) is 10.6 Å². The summed E-state index contributed by atoms with van der Waals surface area (Å²) in [5, 5.41) is 5.64.